The minimum Gasteiger partial charge on any atom is -0.354 e. The highest BCUT2D eigenvalue weighted by atomic mass is 35.5. The van der Waals surface area contributed by atoms with E-state index in [4.69, 9.17) is 11.6 Å². The van der Waals surface area contributed by atoms with E-state index < -0.39 is 0 Å². The van der Waals surface area contributed by atoms with Gasteiger partial charge in [0.25, 0.3) is 0 Å². The summed E-state index contributed by atoms with van der Waals surface area (Å²) in [6, 6.07) is 13.6. The van der Waals surface area contributed by atoms with E-state index in [0.717, 1.165) is 30.8 Å². The zero-order chi connectivity index (χ0) is 16.9. The van der Waals surface area contributed by atoms with Crippen LogP contribution in [0.5, 0.6) is 0 Å². The fraction of sp³-hybridized carbons (Fsp3) is 0.389. The van der Waals surface area contributed by atoms with Gasteiger partial charge in [0.2, 0.25) is 5.91 Å². The van der Waals surface area contributed by atoms with Crippen molar-refractivity contribution in [3.8, 4) is 0 Å². The van der Waals surface area contributed by atoms with Crippen molar-refractivity contribution < 1.29 is 4.79 Å². The van der Waals surface area contributed by atoms with Crippen LogP contribution in [-0.2, 0) is 4.79 Å². The summed E-state index contributed by atoms with van der Waals surface area (Å²) >= 11 is 5.79. The average molecular weight is 345 g/mol. The number of carbonyl (C=O) groups excluding carboxylic acids is 1. The van der Waals surface area contributed by atoms with Crippen LogP contribution >= 0.6 is 11.6 Å². The van der Waals surface area contributed by atoms with Crippen LogP contribution in [0.3, 0.4) is 0 Å². The molecule has 1 N–H and O–H groups in total. The Bertz CT molecular complexity index is 677. The predicted octanol–water partition coefficient (Wildman–Crippen LogP) is 3.22. The van der Waals surface area contributed by atoms with Gasteiger partial charge in [-0.15, -0.1) is 10.2 Å². The van der Waals surface area contributed by atoms with Crippen molar-refractivity contribution in [3.05, 3.63) is 53.2 Å². The molecule has 2 atom stereocenters. The summed E-state index contributed by atoms with van der Waals surface area (Å²) in [4.78, 5) is 14.7. The number of carbonyl (C=O) groups is 1. The molecule has 1 saturated heterocycles. The molecule has 126 valence electrons. The van der Waals surface area contributed by atoms with Crippen molar-refractivity contribution in [1.29, 1.82) is 0 Å². The Morgan fingerprint density at radius 2 is 2.04 bits per heavy atom. The molecule has 0 saturated carbocycles. The van der Waals surface area contributed by atoms with Gasteiger partial charge < -0.3 is 10.2 Å². The fourth-order valence-electron chi connectivity index (χ4n) is 3.03. The SMILES string of the molecule is C[C@@H](NC(=O)[C@@H]1CCCN(c2ccc(Cl)nn2)C1)c1ccccc1. The van der Waals surface area contributed by atoms with Gasteiger partial charge in [0.1, 0.15) is 0 Å². The van der Waals surface area contributed by atoms with Crippen molar-refractivity contribution in [1.82, 2.24) is 15.5 Å². The lowest BCUT2D eigenvalue weighted by Crippen LogP contribution is -2.44. The van der Waals surface area contributed by atoms with E-state index in [9.17, 15) is 4.79 Å². The van der Waals surface area contributed by atoms with Crippen LogP contribution in [0.25, 0.3) is 0 Å². The number of anilines is 1. The molecule has 0 spiro atoms. The number of hydrogen-bond acceptors (Lipinski definition) is 4. The predicted molar refractivity (Wildman–Crippen MR) is 95.0 cm³/mol. The van der Waals surface area contributed by atoms with Crippen LogP contribution in [0.15, 0.2) is 42.5 Å². The molecule has 2 heterocycles. The fourth-order valence-corrected chi connectivity index (χ4v) is 3.13. The van der Waals surface area contributed by atoms with Crippen molar-refractivity contribution in [2.45, 2.75) is 25.8 Å². The lowest BCUT2D eigenvalue weighted by molar-refractivity contribution is -0.125. The molecule has 0 unspecified atom stereocenters. The molecule has 0 radical (unpaired) electrons. The monoisotopic (exact) mass is 344 g/mol. The summed E-state index contributed by atoms with van der Waals surface area (Å²) in [5.74, 6) is 0.827. The second-order valence-corrected chi connectivity index (χ2v) is 6.53. The van der Waals surface area contributed by atoms with E-state index >= 15 is 0 Å². The van der Waals surface area contributed by atoms with E-state index in [-0.39, 0.29) is 17.9 Å². The Balaban J connectivity index is 1.61. The summed E-state index contributed by atoms with van der Waals surface area (Å²) in [5, 5.41) is 11.5. The van der Waals surface area contributed by atoms with Gasteiger partial charge in [0, 0.05) is 13.1 Å². The number of benzene rings is 1. The molecule has 1 aliphatic heterocycles. The van der Waals surface area contributed by atoms with Crippen molar-refractivity contribution in [2.75, 3.05) is 18.0 Å². The second-order valence-electron chi connectivity index (χ2n) is 6.14. The molecule has 1 aromatic heterocycles. The van der Waals surface area contributed by atoms with Gasteiger partial charge in [-0.05, 0) is 37.5 Å². The third kappa shape index (κ3) is 4.03. The first-order chi connectivity index (χ1) is 11.6. The van der Waals surface area contributed by atoms with Gasteiger partial charge in [-0.25, -0.2) is 0 Å². The van der Waals surface area contributed by atoms with E-state index in [1.807, 2.05) is 43.3 Å². The number of hydrogen-bond donors (Lipinski definition) is 1. The zero-order valence-corrected chi connectivity index (χ0v) is 14.4. The number of aromatic nitrogens is 2. The molecule has 1 aliphatic rings. The normalized spacial score (nSPS) is 18.9. The molecule has 0 aliphatic carbocycles. The number of rotatable bonds is 4. The van der Waals surface area contributed by atoms with Crippen molar-refractivity contribution in [3.63, 3.8) is 0 Å². The lowest BCUT2D eigenvalue weighted by atomic mass is 9.96. The maximum absolute atomic E-state index is 12.6. The summed E-state index contributed by atoms with van der Waals surface area (Å²) in [5.41, 5.74) is 1.11. The van der Waals surface area contributed by atoms with Gasteiger partial charge in [0.05, 0.1) is 12.0 Å². The number of nitrogens with one attached hydrogen (secondary N) is 1. The standard InChI is InChI=1S/C18H21ClN4O/c1-13(14-6-3-2-4-7-14)20-18(24)15-8-5-11-23(12-15)17-10-9-16(19)21-22-17/h2-4,6-7,9-10,13,15H,5,8,11-12H2,1H3,(H,20,24)/t13-,15-/m1/s1. The topological polar surface area (TPSA) is 58.1 Å². The molecule has 5 nitrogen and oxygen atoms in total. The first-order valence-electron chi connectivity index (χ1n) is 8.23. The molecular weight excluding hydrogens is 324 g/mol. The molecule has 2 aromatic rings. The maximum Gasteiger partial charge on any atom is 0.225 e. The highest BCUT2D eigenvalue weighted by molar-refractivity contribution is 6.29. The first-order valence-corrected chi connectivity index (χ1v) is 8.61. The first kappa shape index (κ1) is 16.7. The quantitative estimate of drug-likeness (QED) is 0.925. The lowest BCUT2D eigenvalue weighted by Gasteiger charge is -2.33. The molecule has 1 amide bonds. The second kappa shape index (κ2) is 7.62. The van der Waals surface area contributed by atoms with Gasteiger partial charge in [-0.2, -0.15) is 0 Å². The van der Waals surface area contributed by atoms with E-state index in [1.54, 1.807) is 6.07 Å². The van der Waals surface area contributed by atoms with Crippen LogP contribution in [0.2, 0.25) is 5.15 Å². The average Bonchev–Trinajstić information content (AvgIpc) is 2.63. The van der Waals surface area contributed by atoms with Gasteiger partial charge in [0.15, 0.2) is 11.0 Å². The maximum atomic E-state index is 12.6. The Labute approximate surface area is 147 Å². The number of piperidine rings is 1. The zero-order valence-electron chi connectivity index (χ0n) is 13.7. The van der Waals surface area contributed by atoms with Gasteiger partial charge in [-0.1, -0.05) is 41.9 Å². The highest BCUT2D eigenvalue weighted by Crippen LogP contribution is 2.23. The Hall–Kier alpha value is -2.14. The molecule has 3 rings (SSSR count). The smallest absolute Gasteiger partial charge is 0.225 e. The van der Waals surface area contributed by atoms with Crippen LogP contribution < -0.4 is 10.2 Å². The van der Waals surface area contributed by atoms with Crippen molar-refractivity contribution in [2.24, 2.45) is 5.92 Å². The highest BCUT2D eigenvalue weighted by Gasteiger charge is 2.27. The van der Waals surface area contributed by atoms with Crippen LogP contribution in [0.4, 0.5) is 5.82 Å². The van der Waals surface area contributed by atoms with Gasteiger partial charge in [-0.3, -0.25) is 4.79 Å². The van der Waals surface area contributed by atoms with Crippen LogP contribution in [0.1, 0.15) is 31.4 Å². The minimum absolute atomic E-state index is 0.00407. The van der Waals surface area contributed by atoms with E-state index in [2.05, 4.69) is 20.4 Å². The number of amides is 1. The molecule has 1 aromatic carbocycles. The molecule has 1 fully saturated rings. The summed E-state index contributed by atoms with van der Waals surface area (Å²) < 4.78 is 0. The minimum atomic E-state index is -0.0395. The summed E-state index contributed by atoms with van der Waals surface area (Å²) in [7, 11) is 0. The van der Waals surface area contributed by atoms with Crippen molar-refractivity contribution >= 4 is 23.3 Å². The Morgan fingerprint density at radius 1 is 1.25 bits per heavy atom. The third-order valence-corrected chi connectivity index (χ3v) is 4.59. The van der Waals surface area contributed by atoms with E-state index in [1.165, 1.54) is 0 Å². The van der Waals surface area contributed by atoms with Gasteiger partial charge >= 0.3 is 0 Å². The number of nitrogens with zero attached hydrogens (tertiary/aromatic N) is 3. The molecule has 0 bridgehead atoms. The molecular formula is C18H21ClN4O. The van der Waals surface area contributed by atoms with Crippen LogP contribution in [-0.4, -0.2) is 29.2 Å². The third-order valence-electron chi connectivity index (χ3n) is 4.39. The molecule has 24 heavy (non-hydrogen) atoms. The summed E-state index contributed by atoms with van der Waals surface area (Å²) in [6.45, 7) is 3.55. The number of halogens is 1. The van der Waals surface area contributed by atoms with E-state index in [0.29, 0.717) is 11.7 Å². The Morgan fingerprint density at radius 3 is 2.75 bits per heavy atom. The largest absolute Gasteiger partial charge is 0.354 e. The van der Waals surface area contributed by atoms with Crippen LogP contribution in [0, 0.1) is 5.92 Å². The summed E-state index contributed by atoms with van der Waals surface area (Å²) in [6.07, 6.45) is 1.85. The Kier molecular flexibility index (Phi) is 5.30. The molecule has 6 heteroatoms.